The van der Waals surface area contributed by atoms with Gasteiger partial charge in [0.1, 0.15) is 0 Å². The molecule has 0 fully saturated rings. The molecule has 0 aromatic carbocycles. The molecule has 2 rings (SSSR count). The summed E-state index contributed by atoms with van der Waals surface area (Å²) in [5.74, 6) is -0.548. The number of aromatic carboxylic acids is 1. The molecular weight excluding hydrogens is 264 g/mol. The minimum absolute atomic E-state index is 0.0316. The van der Waals surface area contributed by atoms with Gasteiger partial charge < -0.3 is 14.9 Å². The fraction of sp³-hybridized carbons (Fsp3) is 0.385. The van der Waals surface area contributed by atoms with Crippen molar-refractivity contribution in [1.29, 1.82) is 0 Å². The van der Waals surface area contributed by atoms with E-state index in [9.17, 15) is 4.79 Å². The van der Waals surface area contributed by atoms with Gasteiger partial charge in [-0.05, 0) is 11.4 Å². The zero-order valence-electron chi connectivity index (χ0n) is 10.8. The second kappa shape index (κ2) is 5.54. The van der Waals surface area contributed by atoms with Crippen molar-refractivity contribution < 1.29 is 14.4 Å². The third-order valence-corrected chi connectivity index (χ3v) is 4.07. The standard InChI is InChI=1S/C13H16N2O3S/c1-13(2,11-4-3-5-19-11)8-14-7-9-6-10(12(16)17)15-18-9/h3-6,14H,7-8H2,1-2H3,(H,16,17). The maximum Gasteiger partial charge on any atom is 0.358 e. The molecule has 0 atom stereocenters. The van der Waals surface area contributed by atoms with E-state index in [4.69, 9.17) is 9.63 Å². The van der Waals surface area contributed by atoms with Gasteiger partial charge in [0, 0.05) is 22.9 Å². The van der Waals surface area contributed by atoms with Crippen LogP contribution in [0.25, 0.3) is 0 Å². The highest BCUT2D eigenvalue weighted by molar-refractivity contribution is 7.10. The van der Waals surface area contributed by atoms with Gasteiger partial charge in [0.15, 0.2) is 11.5 Å². The lowest BCUT2D eigenvalue weighted by Crippen LogP contribution is -2.31. The number of aromatic nitrogens is 1. The van der Waals surface area contributed by atoms with E-state index in [0.717, 1.165) is 6.54 Å². The van der Waals surface area contributed by atoms with Crippen LogP contribution < -0.4 is 5.32 Å². The number of carboxylic acids is 1. The summed E-state index contributed by atoms with van der Waals surface area (Å²) in [6.45, 7) is 5.56. The number of hydrogen-bond acceptors (Lipinski definition) is 5. The largest absolute Gasteiger partial charge is 0.476 e. The first-order valence-corrected chi connectivity index (χ1v) is 6.80. The van der Waals surface area contributed by atoms with E-state index >= 15 is 0 Å². The summed E-state index contributed by atoms with van der Waals surface area (Å²) in [5.41, 5.74) is -0.0293. The molecule has 0 radical (unpaired) electrons. The van der Waals surface area contributed by atoms with Crippen molar-refractivity contribution >= 4 is 17.3 Å². The number of carbonyl (C=O) groups is 1. The summed E-state index contributed by atoms with van der Waals surface area (Å²) >= 11 is 1.73. The molecule has 0 aliphatic heterocycles. The Bertz CT molecular complexity index is 546. The predicted octanol–water partition coefficient (Wildman–Crippen LogP) is 2.50. The van der Waals surface area contributed by atoms with E-state index in [0.29, 0.717) is 12.3 Å². The topological polar surface area (TPSA) is 75.4 Å². The molecule has 0 aliphatic carbocycles. The molecule has 0 aliphatic rings. The summed E-state index contributed by atoms with van der Waals surface area (Å²) in [7, 11) is 0. The molecule has 0 saturated heterocycles. The monoisotopic (exact) mass is 280 g/mol. The van der Waals surface area contributed by atoms with Gasteiger partial charge in [-0.1, -0.05) is 25.1 Å². The van der Waals surface area contributed by atoms with Gasteiger partial charge >= 0.3 is 5.97 Å². The third kappa shape index (κ3) is 3.42. The first-order valence-electron chi connectivity index (χ1n) is 5.92. The van der Waals surface area contributed by atoms with Gasteiger partial charge in [-0.2, -0.15) is 0 Å². The number of rotatable bonds is 6. The van der Waals surface area contributed by atoms with E-state index in [2.05, 4.69) is 35.8 Å². The van der Waals surface area contributed by atoms with Crippen LogP contribution in [0.15, 0.2) is 28.1 Å². The van der Waals surface area contributed by atoms with Crippen LogP contribution in [-0.2, 0) is 12.0 Å². The molecular formula is C13H16N2O3S. The minimum atomic E-state index is -1.08. The lowest BCUT2D eigenvalue weighted by atomic mass is 9.91. The van der Waals surface area contributed by atoms with E-state index in [1.54, 1.807) is 11.3 Å². The molecule has 102 valence electrons. The SMILES string of the molecule is CC(C)(CNCc1cc(C(=O)O)no1)c1cccs1. The van der Waals surface area contributed by atoms with Crippen LogP contribution in [0.2, 0.25) is 0 Å². The number of hydrogen-bond donors (Lipinski definition) is 2. The molecule has 6 heteroatoms. The van der Waals surface area contributed by atoms with Crippen molar-refractivity contribution in [2.45, 2.75) is 25.8 Å². The Morgan fingerprint density at radius 2 is 2.37 bits per heavy atom. The van der Waals surface area contributed by atoms with Crippen LogP contribution in [0, 0.1) is 0 Å². The lowest BCUT2D eigenvalue weighted by molar-refractivity contribution is 0.0685. The first-order chi connectivity index (χ1) is 8.99. The molecule has 0 saturated carbocycles. The van der Waals surface area contributed by atoms with Gasteiger partial charge in [-0.3, -0.25) is 0 Å². The third-order valence-electron chi connectivity index (χ3n) is 2.83. The van der Waals surface area contributed by atoms with Crippen LogP contribution in [0.3, 0.4) is 0 Å². The Morgan fingerprint density at radius 1 is 1.58 bits per heavy atom. The average Bonchev–Trinajstić information content (AvgIpc) is 3.00. The normalized spacial score (nSPS) is 11.7. The summed E-state index contributed by atoms with van der Waals surface area (Å²) in [6, 6.07) is 5.59. The molecule has 2 aromatic rings. The molecule has 0 amide bonds. The van der Waals surface area contributed by atoms with Gasteiger partial charge in [-0.25, -0.2) is 4.79 Å². The Hall–Kier alpha value is -1.66. The number of thiophene rings is 1. The van der Waals surface area contributed by atoms with Crippen LogP contribution in [0.4, 0.5) is 0 Å². The van der Waals surface area contributed by atoms with Gasteiger partial charge in [0.25, 0.3) is 0 Å². The van der Waals surface area contributed by atoms with E-state index in [1.807, 2.05) is 6.07 Å². The molecule has 19 heavy (non-hydrogen) atoms. The van der Waals surface area contributed by atoms with E-state index < -0.39 is 5.97 Å². The van der Waals surface area contributed by atoms with Crippen molar-refractivity contribution in [3.05, 3.63) is 39.9 Å². The van der Waals surface area contributed by atoms with Gasteiger partial charge in [-0.15, -0.1) is 11.3 Å². The highest BCUT2D eigenvalue weighted by Crippen LogP contribution is 2.26. The quantitative estimate of drug-likeness (QED) is 0.850. The fourth-order valence-electron chi connectivity index (χ4n) is 1.75. The highest BCUT2D eigenvalue weighted by Gasteiger charge is 2.21. The Labute approximate surface area is 115 Å². The number of carboxylic acid groups (broad SMARTS) is 1. The van der Waals surface area contributed by atoms with Crippen molar-refractivity contribution in [1.82, 2.24) is 10.5 Å². The molecule has 2 N–H and O–H groups in total. The van der Waals surface area contributed by atoms with Crippen LogP contribution in [-0.4, -0.2) is 22.8 Å². The molecule has 2 heterocycles. The van der Waals surface area contributed by atoms with Crippen molar-refractivity contribution in [2.24, 2.45) is 0 Å². The van der Waals surface area contributed by atoms with E-state index in [-0.39, 0.29) is 11.1 Å². The summed E-state index contributed by atoms with van der Waals surface area (Å²) in [5, 5.41) is 17.5. The second-order valence-corrected chi connectivity index (χ2v) is 5.90. The predicted molar refractivity (Wildman–Crippen MR) is 72.5 cm³/mol. The second-order valence-electron chi connectivity index (χ2n) is 4.95. The maximum absolute atomic E-state index is 10.7. The maximum atomic E-state index is 10.7. The zero-order valence-corrected chi connectivity index (χ0v) is 11.7. The van der Waals surface area contributed by atoms with Crippen molar-refractivity contribution in [2.75, 3.05) is 6.54 Å². The van der Waals surface area contributed by atoms with Gasteiger partial charge in [0.05, 0.1) is 6.54 Å². The Balaban J connectivity index is 1.87. The average molecular weight is 280 g/mol. The lowest BCUT2D eigenvalue weighted by Gasteiger charge is -2.23. The van der Waals surface area contributed by atoms with E-state index in [1.165, 1.54) is 10.9 Å². The van der Waals surface area contributed by atoms with Crippen LogP contribution in [0.1, 0.15) is 35.0 Å². The number of nitrogens with one attached hydrogen (secondary N) is 1. The Morgan fingerprint density at radius 3 is 2.95 bits per heavy atom. The first kappa shape index (κ1) is 13.8. The van der Waals surface area contributed by atoms with Gasteiger partial charge in [0.2, 0.25) is 0 Å². The van der Waals surface area contributed by atoms with Crippen molar-refractivity contribution in [3.8, 4) is 0 Å². The summed E-state index contributed by atoms with van der Waals surface area (Å²) in [6.07, 6.45) is 0. The Kier molecular flexibility index (Phi) is 4.01. The van der Waals surface area contributed by atoms with Crippen molar-refractivity contribution in [3.63, 3.8) is 0 Å². The minimum Gasteiger partial charge on any atom is -0.476 e. The summed E-state index contributed by atoms with van der Waals surface area (Å²) in [4.78, 5) is 12.0. The smallest absolute Gasteiger partial charge is 0.358 e. The number of nitrogens with zero attached hydrogens (tertiary/aromatic N) is 1. The summed E-state index contributed by atoms with van der Waals surface area (Å²) < 4.78 is 4.94. The zero-order chi connectivity index (χ0) is 13.9. The fourth-order valence-corrected chi connectivity index (χ4v) is 2.60. The van der Waals surface area contributed by atoms with Crippen LogP contribution in [0.5, 0.6) is 0 Å². The highest BCUT2D eigenvalue weighted by atomic mass is 32.1. The molecule has 0 spiro atoms. The molecule has 5 nitrogen and oxygen atoms in total. The molecule has 0 bridgehead atoms. The van der Waals surface area contributed by atoms with Crippen LogP contribution >= 0.6 is 11.3 Å². The molecule has 0 unspecified atom stereocenters. The molecule has 2 aromatic heterocycles.